The van der Waals surface area contributed by atoms with Crippen molar-refractivity contribution in [3.63, 3.8) is 0 Å². The van der Waals surface area contributed by atoms with Crippen molar-refractivity contribution < 1.29 is 0 Å². The lowest BCUT2D eigenvalue weighted by Crippen LogP contribution is -2.25. The van der Waals surface area contributed by atoms with Crippen molar-refractivity contribution in [1.82, 2.24) is 9.88 Å². The molecule has 0 atom stereocenters. The van der Waals surface area contributed by atoms with Gasteiger partial charge < -0.3 is 10.6 Å². The van der Waals surface area contributed by atoms with Crippen LogP contribution in [0.5, 0.6) is 0 Å². The molecule has 2 rings (SSSR count). The lowest BCUT2D eigenvalue weighted by atomic mass is 10.2. The van der Waals surface area contributed by atoms with E-state index in [2.05, 4.69) is 16.9 Å². The number of thiazole rings is 1. The van der Waals surface area contributed by atoms with Crippen LogP contribution in [0.2, 0.25) is 0 Å². The Labute approximate surface area is 103 Å². The van der Waals surface area contributed by atoms with E-state index in [9.17, 15) is 0 Å². The van der Waals surface area contributed by atoms with Crippen LogP contribution in [0.1, 0.15) is 10.6 Å². The first-order valence-electron chi connectivity index (χ1n) is 3.68. The molecule has 0 aromatic carbocycles. The molecule has 0 amide bonds. The highest BCUT2D eigenvalue weighted by atomic mass is 79.9. The third-order valence-corrected chi connectivity index (χ3v) is 2.85. The number of hydrogen-bond donors (Lipinski definition) is 1. The highest BCUT2D eigenvalue weighted by Crippen LogP contribution is 2.25. The summed E-state index contributed by atoms with van der Waals surface area (Å²) in [5.74, 6) is 0. The van der Waals surface area contributed by atoms with E-state index in [1.807, 2.05) is 0 Å². The van der Waals surface area contributed by atoms with Gasteiger partial charge in [0.25, 0.3) is 0 Å². The van der Waals surface area contributed by atoms with Crippen molar-refractivity contribution in [2.75, 3.05) is 19.3 Å². The topological polar surface area (TPSA) is 42.2 Å². The molecule has 6 heteroatoms. The van der Waals surface area contributed by atoms with E-state index in [1.54, 1.807) is 11.3 Å². The van der Waals surface area contributed by atoms with Gasteiger partial charge in [0, 0.05) is 24.4 Å². The van der Waals surface area contributed by atoms with E-state index in [0.717, 1.165) is 19.5 Å². The van der Waals surface area contributed by atoms with Gasteiger partial charge in [-0.25, -0.2) is 4.98 Å². The first kappa shape index (κ1) is 13.4. The van der Waals surface area contributed by atoms with Crippen molar-refractivity contribution in [1.29, 1.82) is 0 Å². The van der Waals surface area contributed by atoms with Crippen molar-refractivity contribution in [3.05, 3.63) is 10.6 Å². The van der Waals surface area contributed by atoms with E-state index < -0.39 is 0 Å². The Morgan fingerprint density at radius 2 is 2.15 bits per heavy atom. The molecule has 1 aromatic heterocycles. The van der Waals surface area contributed by atoms with Crippen LogP contribution in [0, 0.1) is 0 Å². The second kappa shape index (κ2) is 5.29. The molecule has 0 spiro atoms. The van der Waals surface area contributed by atoms with Crippen molar-refractivity contribution >= 4 is 50.4 Å². The maximum Gasteiger partial charge on any atom is 0.180 e. The summed E-state index contributed by atoms with van der Waals surface area (Å²) >= 11 is 1.62. The van der Waals surface area contributed by atoms with Gasteiger partial charge >= 0.3 is 0 Å². The summed E-state index contributed by atoms with van der Waals surface area (Å²) in [7, 11) is 2.12. The predicted octanol–water partition coefficient (Wildman–Crippen LogP) is 1.87. The first-order valence-corrected chi connectivity index (χ1v) is 4.50. The SMILES string of the molecule is Br.Br.CN1CCc2nc(N)sc2C1. The molecule has 1 aliphatic heterocycles. The van der Waals surface area contributed by atoms with E-state index in [4.69, 9.17) is 5.73 Å². The van der Waals surface area contributed by atoms with Gasteiger partial charge in [-0.1, -0.05) is 0 Å². The third-order valence-electron chi connectivity index (χ3n) is 1.94. The number of anilines is 1. The number of fused-ring (bicyclic) bond motifs is 1. The smallest absolute Gasteiger partial charge is 0.180 e. The molecule has 1 aliphatic rings. The maximum atomic E-state index is 5.59. The fraction of sp³-hybridized carbons (Fsp3) is 0.571. The zero-order chi connectivity index (χ0) is 7.84. The molecule has 13 heavy (non-hydrogen) atoms. The quantitative estimate of drug-likeness (QED) is 0.789. The van der Waals surface area contributed by atoms with Crippen LogP contribution in [0.4, 0.5) is 5.13 Å². The number of aromatic nitrogens is 1. The van der Waals surface area contributed by atoms with Gasteiger partial charge in [0.05, 0.1) is 5.69 Å². The first-order chi connectivity index (χ1) is 5.25. The molecular weight excluding hydrogens is 318 g/mol. The Morgan fingerprint density at radius 1 is 1.46 bits per heavy atom. The van der Waals surface area contributed by atoms with Gasteiger partial charge in [-0.2, -0.15) is 0 Å². The highest BCUT2D eigenvalue weighted by molar-refractivity contribution is 8.93. The zero-order valence-electron chi connectivity index (χ0n) is 7.32. The Morgan fingerprint density at radius 3 is 2.85 bits per heavy atom. The Hall–Kier alpha value is 0.350. The summed E-state index contributed by atoms with van der Waals surface area (Å²) < 4.78 is 0. The molecule has 0 radical (unpaired) electrons. The lowest BCUT2D eigenvalue weighted by Gasteiger charge is -2.20. The van der Waals surface area contributed by atoms with E-state index in [-0.39, 0.29) is 34.0 Å². The third kappa shape index (κ3) is 2.90. The molecule has 2 heterocycles. The zero-order valence-corrected chi connectivity index (χ0v) is 11.6. The number of nitrogens with zero attached hydrogens (tertiary/aromatic N) is 2. The van der Waals surface area contributed by atoms with Crippen LogP contribution in [0.3, 0.4) is 0 Å². The summed E-state index contributed by atoms with van der Waals surface area (Å²) in [4.78, 5) is 7.89. The van der Waals surface area contributed by atoms with Crippen molar-refractivity contribution in [2.24, 2.45) is 0 Å². The Bertz CT molecular complexity index is 277. The molecule has 1 aromatic rings. The highest BCUT2D eigenvalue weighted by Gasteiger charge is 2.16. The number of likely N-dealkylation sites (N-methyl/N-ethyl adjacent to an activating group) is 1. The van der Waals surface area contributed by atoms with Crippen LogP contribution >= 0.6 is 45.3 Å². The monoisotopic (exact) mass is 329 g/mol. The molecule has 0 bridgehead atoms. The molecular formula is C7H13Br2N3S. The average molecular weight is 331 g/mol. The van der Waals surface area contributed by atoms with Gasteiger partial charge in [-0.3, -0.25) is 0 Å². The lowest BCUT2D eigenvalue weighted by molar-refractivity contribution is 0.314. The Balaban J connectivity index is 0.000000720. The predicted molar refractivity (Wildman–Crippen MR) is 67.2 cm³/mol. The minimum absolute atomic E-state index is 0. The van der Waals surface area contributed by atoms with Crippen LogP contribution < -0.4 is 5.73 Å². The van der Waals surface area contributed by atoms with Gasteiger partial charge in [0.2, 0.25) is 0 Å². The standard InChI is InChI=1S/C7H11N3S.2BrH/c1-10-3-2-5-6(4-10)11-7(8)9-5;;/h2-4H2,1H3,(H2,8,9);2*1H. The number of halogens is 2. The number of nitrogens with two attached hydrogens (primary N) is 1. The molecule has 3 nitrogen and oxygen atoms in total. The molecule has 0 unspecified atom stereocenters. The van der Waals surface area contributed by atoms with Gasteiger partial charge in [-0.05, 0) is 7.05 Å². The second-order valence-corrected chi connectivity index (χ2v) is 4.02. The van der Waals surface area contributed by atoms with Crippen molar-refractivity contribution in [2.45, 2.75) is 13.0 Å². The normalized spacial score (nSPS) is 15.5. The summed E-state index contributed by atoms with van der Waals surface area (Å²) in [5.41, 5.74) is 6.81. The van der Waals surface area contributed by atoms with Crippen LogP contribution in [0.15, 0.2) is 0 Å². The van der Waals surface area contributed by atoms with Crippen LogP contribution in [0.25, 0.3) is 0 Å². The van der Waals surface area contributed by atoms with Crippen LogP contribution in [-0.2, 0) is 13.0 Å². The molecule has 0 saturated carbocycles. The van der Waals surface area contributed by atoms with Crippen molar-refractivity contribution in [3.8, 4) is 0 Å². The largest absolute Gasteiger partial charge is 0.375 e. The summed E-state index contributed by atoms with van der Waals surface area (Å²) in [6, 6.07) is 0. The number of nitrogen functional groups attached to an aromatic ring is 1. The maximum absolute atomic E-state index is 5.59. The second-order valence-electron chi connectivity index (χ2n) is 2.91. The summed E-state index contributed by atoms with van der Waals surface area (Å²) in [5, 5.41) is 0.713. The fourth-order valence-corrected chi connectivity index (χ4v) is 2.30. The molecule has 0 saturated heterocycles. The molecule has 0 aliphatic carbocycles. The van der Waals surface area contributed by atoms with Gasteiger partial charge in [-0.15, -0.1) is 45.3 Å². The average Bonchev–Trinajstić information content (AvgIpc) is 2.27. The van der Waals surface area contributed by atoms with Crippen LogP contribution in [-0.4, -0.2) is 23.5 Å². The van der Waals surface area contributed by atoms with Gasteiger partial charge in [0.15, 0.2) is 5.13 Å². The van der Waals surface area contributed by atoms with E-state index in [0.29, 0.717) is 5.13 Å². The Kier molecular flexibility index (Phi) is 5.43. The molecule has 76 valence electrons. The van der Waals surface area contributed by atoms with Gasteiger partial charge in [0.1, 0.15) is 0 Å². The number of hydrogen-bond acceptors (Lipinski definition) is 4. The summed E-state index contributed by atoms with van der Waals surface area (Å²) in [6.45, 7) is 2.13. The fourth-order valence-electron chi connectivity index (χ4n) is 1.34. The summed E-state index contributed by atoms with van der Waals surface area (Å²) in [6.07, 6.45) is 1.06. The van der Waals surface area contributed by atoms with E-state index in [1.165, 1.54) is 10.6 Å². The van der Waals surface area contributed by atoms with E-state index >= 15 is 0 Å². The minimum atomic E-state index is 0. The molecule has 2 N–H and O–H groups in total. The minimum Gasteiger partial charge on any atom is -0.375 e. The molecule has 0 fully saturated rings. The number of rotatable bonds is 0.